The molecule has 5 heteroatoms. The highest BCUT2D eigenvalue weighted by molar-refractivity contribution is 5.73. The van der Waals surface area contributed by atoms with E-state index in [9.17, 15) is 14.7 Å². The lowest BCUT2D eigenvalue weighted by molar-refractivity contribution is -0.142. The van der Waals surface area contributed by atoms with Gasteiger partial charge in [0.25, 0.3) is 0 Å². The largest absolute Gasteiger partial charge is 0.481 e. The van der Waals surface area contributed by atoms with Crippen LogP contribution in [0.2, 0.25) is 0 Å². The van der Waals surface area contributed by atoms with Crippen LogP contribution in [-0.4, -0.2) is 47.2 Å². The van der Waals surface area contributed by atoms with Gasteiger partial charge in [0.15, 0.2) is 0 Å². The number of carboxylic acid groups (broad SMARTS) is 2. The van der Waals surface area contributed by atoms with Crippen LogP contribution in [-0.2, 0) is 9.59 Å². The summed E-state index contributed by atoms with van der Waals surface area (Å²) in [6.45, 7) is 2.36. The minimum Gasteiger partial charge on any atom is -0.481 e. The molecule has 0 heterocycles. The van der Waals surface area contributed by atoms with Gasteiger partial charge in [-0.1, -0.05) is 166 Å². The van der Waals surface area contributed by atoms with Crippen LogP contribution in [0.25, 0.3) is 0 Å². The van der Waals surface area contributed by atoms with E-state index in [0.717, 1.165) is 44.4 Å². The molecule has 0 aliphatic rings. The highest BCUT2D eigenvalue weighted by atomic mass is 16.4. The number of allylic oxidation sites excluding steroid dienone is 4. The van der Waals surface area contributed by atoms with Gasteiger partial charge < -0.3 is 10.2 Å². The summed E-state index contributed by atoms with van der Waals surface area (Å²) >= 11 is 0. The predicted molar refractivity (Wildman–Crippen MR) is 208 cm³/mol. The van der Waals surface area contributed by atoms with Gasteiger partial charge in [-0.25, -0.2) is 0 Å². The summed E-state index contributed by atoms with van der Waals surface area (Å²) in [6, 6.07) is -0.340. The smallest absolute Gasteiger partial charge is 0.320 e. The average molecular weight is 676 g/mol. The Kier molecular flexibility index (Phi) is 35.4. The molecule has 0 aromatic carbocycles. The summed E-state index contributed by atoms with van der Waals surface area (Å²) in [5, 5.41) is 17.9. The average Bonchev–Trinajstić information content (AvgIpc) is 3.04. The zero-order valence-electron chi connectivity index (χ0n) is 32.2. The Labute approximate surface area is 298 Å². The maximum absolute atomic E-state index is 11.2. The molecule has 0 radical (unpaired) electrons. The highest BCUT2D eigenvalue weighted by Crippen LogP contribution is 2.23. The van der Waals surface area contributed by atoms with Crippen LogP contribution < -0.4 is 0 Å². The summed E-state index contributed by atoms with van der Waals surface area (Å²) in [4.78, 5) is 23.6. The van der Waals surface area contributed by atoms with Crippen LogP contribution in [0.5, 0.6) is 0 Å². The minimum absolute atomic E-state index is 0.323. The minimum atomic E-state index is -0.702. The number of hydrogen-bond acceptors (Lipinski definition) is 3. The molecule has 2 unspecified atom stereocenters. The van der Waals surface area contributed by atoms with Crippen molar-refractivity contribution in [3.63, 3.8) is 0 Å². The van der Waals surface area contributed by atoms with Crippen LogP contribution in [0.1, 0.15) is 212 Å². The van der Waals surface area contributed by atoms with E-state index in [1.165, 1.54) is 161 Å². The Hall–Kier alpha value is -1.62. The molecule has 0 amide bonds. The molecular weight excluding hydrogens is 594 g/mol. The van der Waals surface area contributed by atoms with Crippen molar-refractivity contribution in [2.24, 2.45) is 5.92 Å². The molecule has 0 spiro atoms. The van der Waals surface area contributed by atoms with E-state index in [2.05, 4.69) is 31.2 Å². The number of hydrogen-bond donors (Lipinski definition) is 2. The van der Waals surface area contributed by atoms with Crippen LogP contribution in [0.3, 0.4) is 0 Å². The van der Waals surface area contributed by atoms with Crippen LogP contribution in [0, 0.1) is 5.92 Å². The first-order valence-electron chi connectivity index (χ1n) is 20.8. The summed E-state index contributed by atoms with van der Waals surface area (Å²) in [7, 11) is 3.70. The zero-order valence-corrected chi connectivity index (χ0v) is 32.2. The fraction of sp³-hybridized carbons (Fsp3) is 0.860. The number of carboxylic acids is 2. The molecule has 0 aliphatic carbocycles. The maximum atomic E-state index is 11.2. The fourth-order valence-electron chi connectivity index (χ4n) is 6.92. The number of carbonyl (C=O) groups is 2. The number of nitrogens with zero attached hydrogens (tertiary/aromatic N) is 1. The Morgan fingerprint density at radius 3 is 1.15 bits per heavy atom. The van der Waals surface area contributed by atoms with Gasteiger partial charge in [0.1, 0.15) is 6.04 Å². The predicted octanol–water partition coefficient (Wildman–Crippen LogP) is 13.3. The first-order valence-corrected chi connectivity index (χ1v) is 20.8. The number of unbranched alkanes of at least 4 members (excludes halogenated alkanes) is 22. The van der Waals surface area contributed by atoms with Crippen molar-refractivity contribution in [3.05, 3.63) is 24.3 Å². The van der Waals surface area contributed by atoms with E-state index >= 15 is 0 Å². The van der Waals surface area contributed by atoms with Crippen molar-refractivity contribution in [1.29, 1.82) is 0 Å². The number of likely N-dealkylation sites (N-methyl/N-ethyl adjacent to an activating group) is 1. The van der Waals surface area contributed by atoms with Crippen molar-refractivity contribution >= 4 is 11.9 Å². The second kappa shape index (κ2) is 36.7. The molecule has 0 saturated heterocycles. The van der Waals surface area contributed by atoms with Crippen molar-refractivity contribution in [3.8, 4) is 0 Å². The topological polar surface area (TPSA) is 77.8 Å². The lowest BCUT2D eigenvalue weighted by atomic mass is 9.90. The molecule has 0 fully saturated rings. The van der Waals surface area contributed by atoms with Crippen molar-refractivity contribution in [2.45, 2.75) is 218 Å². The summed E-state index contributed by atoms with van der Waals surface area (Å²) in [5.41, 5.74) is 0. The normalized spacial score (nSPS) is 13.2. The number of aliphatic carboxylic acids is 2. The van der Waals surface area contributed by atoms with E-state index in [1.807, 2.05) is 19.0 Å². The maximum Gasteiger partial charge on any atom is 0.320 e. The quantitative estimate of drug-likeness (QED) is 0.0503. The zero-order chi connectivity index (χ0) is 35.3. The van der Waals surface area contributed by atoms with Crippen molar-refractivity contribution in [2.75, 3.05) is 14.1 Å². The molecule has 0 aromatic rings. The molecule has 48 heavy (non-hydrogen) atoms. The molecule has 0 aromatic heterocycles. The molecule has 0 bridgehead atoms. The SMILES string of the molecule is CCCC(CCCCCCCC/C=C\CCCCCCC(C(=O)O)N(C)C)CCCCCCCCC/C=C\CCCCCCCC(=O)O. The molecular formula is C43H81NO4. The Balaban J connectivity index is 3.51. The van der Waals surface area contributed by atoms with Gasteiger partial charge in [-0.3, -0.25) is 14.5 Å². The number of rotatable bonds is 38. The lowest BCUT2D eigenvalue weighted by Gasteiger charge is -2.19. The van der Waals surface area contributed by atoms with Gasteiger partial charge in [-0.2, -0.15) is 0 Å². The molecule has 0 aliphatic heterocycles. The molecule has 0 saturated carbocycles. The van der Waals surface area contributed by atoms with E-state index in [-0.39, 0.29) is 6.04 Å². The molecule has 2 N–H and O–H groups in total. The third-order valence-corrected chi connectivity index (χ3v) is 10.0. The highest BCUT2D eigenvalue weighted by Gasteiger charge is 2.18. The van der Waals surface area contributed by atoms with Crippen LogP contribution in [0.4, 0.5) is 0 Å². The summed E-state index contributed by atoms with van der Waals surface area (Å²) in [6.07, 6.45) is 49.2. The Bertz CT molecular complexity index is 762. The van der Waals surface area contributed by atoms with Crippen molar-refractivity contribution < 1.29 is 19.8 Å². The van der Waals surface area contributed by atoms with Gasteiger partial charge in [0, 0.05) is 6.42 Å². The van der Waals surface area contributed by atoms with E-state index in [4.69, 9.17) is 5.11 Å². The third-order valence-electron chi connectivity index (χ3n) is 10.0. The Morgan fingerprint density at radius 2 is 0.812 bits per heavy atom. The monoisotopic (exact) mass is 676 g/mol. The molecule has 0 rings (SSSR count). The van der Waals surface area contributed by atoms with Gasteiger partial charge in [-0.05, 0) is 84.2 Å². The summed E-state index contributed by atoms with van der Waals surface area (Å²) < 4.78 is 0. The molecule has 2 atom stereocenters. The van der Waals surface area contributed by atoms with Crippen molar-refractivity contribution in [1.82, 2.24) is 4.90 Å². The second-order valence-electron chi connectivity index (χ2n) is 14.9. The molecule has 282 valence electrons. The second-order valence-corrected chi connectivity index (χ2v) is 14.9. The van der Waals surface area contributed by atoms with E-state index < -0.39 is 11.9 Å². The van der Waals surface area contributed by atoms with Gasteiger partial charge in [-0.15, -0.1) is 0 Å². The standard InChI is InChI=1S/C43H81NO4/c1-4-35-40(36-31-27-23-19-15-11-7-5-6-8-14-18-22-26-30-34-39-42(45)46)37-32-28-24-20-16-12-9-10-13-17-21-25-29-33-38-41(43(47)48)44(2)3/h6,8,10,13,40-41H,4-5,7,9,11-12,14-39H2,1-3H3,(H,45,46)(H,47,48)/b8-6-,13-10-. The van der Waals surface area contributed by atoms with Gasteiger partial charge >= 0.3 is 11.9 Å². The van der Waals surface area contributed by atoms with E-state index in [1.54, 1.807) is 0 Å². The van der Waals surface area contributed by atoms with Crippen LogP contribution in [0.15, 0.2) is 24.3 Å². The fourth-order valence-corrected chi connectivity index (χ4v) is 6.92. The van der Waals surface area contributed by atoms with Crippen LogP contribution >= 0.6 is 0 Å². The lowest BCUT2D eigenvalue weighted by Crippen LogP contribution is -2.35. The van der Waals surface area contributed by atoms with E-state index in [0.29, 0.717) is 6.42 Å². The van der Waals surface area contributed by atoms with Gasteiger partial charge in [0.05, 0.1) is 0 Å². The third kappa shape index (κ3) is 34.3. The Morgan fingerprint density at radius 1 is 0.479 bits per heavy atom. The first-order chi connectivity index (χ1) is 23.4. The summed E-state index contributed by atoms with van der Waals surface area (Å²) in [5.74, 6) is -0.406. The molecule has 5 nitrogen and oxygen atoms in total. The van der Waals surface area contributed by atoms with Gasteiger partial charge in [0.2, 0.25) is 0 Å². The first kappa shape index (κ1) is 46.4.